The molecule has 7 nitrogen and oxygen atoms in total. The van der Waals surface area contributed by atoms with Gasteiger partial charge >= 0.3 is 0 Å². The van der Waals surface area contributed by atoms with Crippen molar-refractivity contribution < 1.29 is 23.9 Å². The number of hydrogen-bond donors (Lipinski definition) is 0. The lowest BCUT2D eigenvalue weighted by molar-refractivity contribution is -0.165. The average molecular weight is 429 g/mol. The van der Waals surface area contributed by atoms with Crippen LogP contribution in [0.1, 0.15) is 46.9 Å². The topological polar surface area (TPSA) is 84.0 Å². The smallest absolute Gasteiger partial charge is 0.273 e. The lowest BCUT2D eigenvalue weighted by Crippen LogP contribution is -2.59. The third-order valence-corrected chi connectivity index (χ3v) is 5.14. The molecule has 0 unspecified atom stereocenters. The van der Waals surface area contributed by atoms with Crippen molar-refractivity contribution in [2.75, 3.05) is 7.11 Å². The maximum Gasteiger partial charge on any atom is 0.273 e. The van der Waals surface area contributed by atoms with E-state index in [0.29, 0.717) is 22.8 Å². The van der Waals surface area contributed by atoms with Gasteiger partial charge in [-0.15, -0.1) is 0 Å². The number of amides is 3. The van der Waals surface area contributed by atoms with Crippen LogP contribution in [0.3, 0.4) is 0 Å². The van der Waals surface area contributed by atoms with Gasteiger partial charge in [0.05, 0.1) is 7.11 Å². The second-order valence-corrected chi connectivity index (χ2v) is 7.31. The van der Waals surface area contributed by atoms with Crippen LogP contribution < -0.4 is 4.74 Å². The molecule has 0 N–H and O–H groups in total. The summed E-state index contributed by atoms with van der Waals surface area (Å²) < 4.78 is 5.10. The second-order valence-electron chi connectivity index (χ2n) is 6.88. The molecule has 1 atom stereocenters. The van der Waals surface area contributed by atoms with Crippen LogP contribution >= 0.6 is 11.6 Å². The summed E-state index contributed by atoms with van der Waals surface area (Å²) in [5, 5.41) is 2.21. The average Bonchev–Trinajstić information content (AvgIpc) is 2.75. The first-order valence-electron chi connectivity index (χ1n) is 9.46. The van der Waals surface area contributed by atoms with Gasteiger partial charge in [-0.05, 0) is 61.9 Å². The summed E-state index contributed by atoms with van der Waals surface area (Å²) in [7, 11) is 1.51. The molecule has 1 saturated heterocycles. The lowest BCUT2D eigenvalue weighted by atomic mass is 10.0. The number of Topliss-reactive ketones (excluding diaryl/α,β-unsaturated/α-hetero) is 1. The standard InChI is InChI=1S/C22H21ClN2O5/c1-14(21(28)15-8-12-18(30-2)13-9-15)24(25-19(26)4-3-5-20(25)27)22(29)16-6-10-17(23)11-7-16/h6-14H,3-5H2,1-2H3/t14-/m0/s1. The van der Waals surface area contributed by atoms with Crippen LogP contribution in [0.2, 0.25) is 5.02 Å². The first kappa shape index (κ1) is 21.5. The first-order chi connectivity index (χ1) is 14.3. The van der Waals surface area contributed by atoms with E-state index in [1.54, 1.807) is 24.3 Å². The third kappa shape index (κ3) is 4.36. The summed E-state index contributed by atoms with van der Waals surface area (Å²) in [4.78, 5) is 51.5. The molecule has 0 aliphatic carbocycles. The van der Waals surface area contributed by atoms with Crippen molar-refractivity contribution >= 4 is 35.1 Å². The van der Waals surface area contributed by atoms with Crippen LogP contribution in [0, 0.1) is 0 Å². The number of hydrazine groups is 1. The molecule has 30 heavy (non-hydrogen) atoms. The second kappa shape index (κ2) is 9.09. The molecule has 3 amide bonds. The molecule has 1 aliphatic heterocycles. The number of rotatable bonds is 6. The fraction of sp³-hybridized carbons (Fsp3) is 0.273. The number of hydrogen-bond acceptors (Lipinski definition) is 5. The van der Waals surface area contributed by atoms with Gasteiger partial charge in [0, 0.05) is 29.0 Å². The van der Waals surface area contributed by atoms with Crippen LogP contribution in [0.5, 0.6) is 5.75 Å². The van der Waals surface area contributed by atoms with E-state index in [9.17, 15) is 19.2 Å². The van der Waals surface area contributed by atoms with Crippen LogP contribution in [0.15, 0.2) is 48.5 Å². The number of halogens is 1. The number of carbonyl (C=O) groups excluding carboxylic acids is 4. The summed E-state index contributed by atoms with van der Waals surface area (Å²) in [5.41, 5.74) is 0.536. The third-order valence-electron chi connectivity index (χ3n) is 4.89. The zero-order valence-electron chi connectivity index (χ0n) is 16.6. The van der Waals surface area contributed by atoms with Crippen LogP contribution in [0.4, 0.5) is 0 Å². The van der Waals surface area contributed by atoms with E-state index >= 15 is 0 Å². The van der Waals surface area contributed by atoms with Crippen LogP contribution in [-0.4, -0.2) is 46.7 Å². The highest BCUT2D eigenvalue weighted by molar-refractivity contribution is 6.30. The fourth-order valence-electron chi connectivity index (χ4n) is 3.25. The quantitative estimate of drug-likeness (QED) is 0.519. The molecule has 2 aromatic rings. The minimum Gasteiger partial charge on any atom is -0.497 e. The van der Waals surface area contributed by atoms with E-state index in [1.165, 1.54) is 38.3 Å². The highest BCUT2D eigenvalue weighted by Crippen LogP contribution is 2.23. The molecule has 0 bridgehead atoms. The normalized spacial score (nSPS) is 15.0. The van der Waals surface area contributed by atoms with Crippen molar-refractivity contribution in [3.05, 3.63) is 64.7 Å². The van der Waals surface area contributed by atoms with E-state index < -0.39 is 29.5 Å². The molecular formula is C22H21ClN2O5. The summed E-state index contributed by atoms with van der Waals surface area (Å²) in [6, 6.07) is 11.3. The summed E-state index contributed by atoms with van der Waals surface area (Å²) in [6.45, 7) is 1.50. The number of piperidine rings is 1. The Labute approximate surface area is 179 Å². The van der Waals surface area contributed by atoms with Crippen molar-refractivity contribution in [1.29, 1.82) is 0 Å². The lowest BCUT2D eigenvalue weighted by Gasteiger charge is -2.38. The molecule has 1 heterocycles. The van der Waals surface area contributed by atoms with Crippen molar-refractivity contribution in [3.63, 3.8) is 0 Å². The molecule has 0 spiro atoms. The molecule has 1 aliphatic rings. The van der Waals surface area contributed by atoms with E-state index in [4.69, 9.17) is 16.3 Å². The van der Waals surface area contributed by atoms with E-state index in [0.717, 1.165) is 10.0 Å². The van der Waals surface area contributed by atoms with Gasteiger partial charge in [0.15, 0.2) is 5.78 Å². The minimum atomic E-state index is -1.09. The molecule has 0 saturated carbocycles. The maximum absolute atomic E-state index is 13.3. The number of ether oxygens (including phenoxy) is 1. The van der Waals surface area contributed by atoms with Crippen LogP contribution in [-0.2, 0) is 9.59 Å². The molecule has 3 rings (SSSR count). The molecular weight excluding hydrogens is 408 g/mol. The predicted octanol–water partition coefficient (Wildman–Crippen LogP) is 3.52. The van der Waals surface area contributed by atoms with E-state index in [1.807, 2.05) is 0 Å². The van der Waals surface area contributed by atoms with E-state index in [-0.39, 0.29) is 18.4 Å². The van der Waals surface area contributed by atoms with Gasteiger partial charge in [-0.1, -0.05) is 11.6 Å². The summed E-state index contributed by atoms with van der Waals surface area (Å²) in [5.74, 6) is -1.49. The SMILES string of the molecule is COc1ccc(C(=O)[C@H](C)N(C(=O)c2ccc(Cl)cc2)N2C(=O)CCCC2=O)cc1. The van der Waals surface area contributed by atoms with Gasteiger partial charge in [-0.3, -0.25) is 19.2 Å². The largest absolute Gasteiger partial charge is 0.497 e. The number of benzene rings is 2. The number of nitrogens with zero attached hydrogens (tertiary/aromatic N) is 2. The zero-order chi connectivity index (χ0) is 21.8. The Morgan fingerprint density at radius 1 is 0.967 bits per heavy atom. The molecule has 156 valence electrons. The monoisotopic (exact) mass is 428 g/mol. The fourth-order valence-corrected chi connectivity index (χ4v) is 3.38. The van der Waals surface area contributed by atoms with Crippen molar-refractivity contribution in [1.82, 2.24) is 10.0 Å². The minimum absolute atomic E-state index is 0.125. The van der Waals surface area contributed by atoms with Gasteiger partial charge in [0.1, 0.15) is 11.8 Å². The zero-order valence-corrected chi connectivity index (χ0v) is 17.4. The molecule has 2 aromatic carbocycles. The van der Waals surface area contributed by atoms with Gasteiger partial charge in [0.2, 0.25) is 11.8 Å². The Kier molecular flexibility index (Phi) is 6.52. The van der Waals surface area contributed by atoms with E-state index in [2.05, 4.69) is 0 Å². The van der Waals surface area contributed by atoms with Gasteiger partial charge < -0.3 is 4.74 Å². The molecule has 8 heteroatoms. The number of imide groups is 1. The van der Waals surface area contributed by atoms with Gasteiger partial charge in [0.25, 0.3) is 5.91 Å². The number of ketones is 1. The first-order valence-corrected chi connectivity index (χ1v) is 9.84. The molecule has 1 fully saturated rings. The van der Waals surface area contributed by atoms with Crippen molar-refractivity contribution in [3.8, 4) is 5.75 Å². The van der Waals surface area contributed by atoms with Crippen molar-refractivity contribution in [2.24, 2.45) is 0 Å². The Bertz CT molecular complexity index is 956. The predicted molar refractivity (Wildman–Crippen MR) is 110 cm³/mol. The number of carbonyl (C=O) groups is 4. The summed E-state index contributed by atoms with van der Waals surface area (Å²) in [6.07, 6.45) is 0.664. The van der Waals surface area contributed by atoms with Gasteiger partial charge in [-0.2, -0.15) is 5.01 Å². The maximum atomic E-state index is 13.3. The molecule has 0 radical (unpaired) electrons. The Morgan fingerprint density at radius 3 is 2.03 bits per heavy atom. The number of methoxy groups -OCH3 is 1. The summed E-state index contributed by atoms with van der Waals surface area (Å²) >= 11 is 5.90. The Balaban J connectivity index is 1.99. The van der Waals surface area contributed by atoms with Crippen LogP contribution in [0.25, 0.3) is 0 Å². The highest BCUT2D eigenvalue weighted by atomic mass is 35.5. The van der Waals surface area contributed by atoms with Gasteiger partial charge in [-0.25, -0.2) is 5.01 Å². The Morgan fingerprint density at radius 2 is 1.50 bits per heavy atom. The highest BCUT2D eigenvalue weighted by Gasteiger charge is 2.39. The Hall–Kier alpha value is -3.19. The van der Waals surface area contributed by atoms with Crippen molar-refractivity contribution in [2.45, 2.75) is 32.2 Å². The molecule has 0 aromatic heterocycles.